The summed E-state index contributed by atoms with van der Waals surface area (Å²) in [5, 5.41) is 9.81. The van der Waals surface area contributed by atoms with E-state index >= 15 is 0 Å². The average molecular weight is 292 g/mol. The molecular weight excluding hydrogens is 272 g/mol. The second-order valence-corrected chi connectivity index (χ2v) is 5.75. The number of rotatable bonds is 3. The van der Waals surface area contributed by atoms with Gasteiger partial charge in [-0.15, -0.1) is 0 Å². The van der Waals surface area contributed by atoms with Crippen LogP contribution in [0, 0.1) is 11.3 Å². The number of hydrogen-bond donors (Lipinski definition) is 0. The molecule has 1 aliphatic rings. The molecule has 0 N–H and O–H groups in total. The van der Waals surface area contributed by atoms with Gasteiger partial charge in [-0.1, -0.05) is 30.3 Å². The predicted octanol–water partition coefficient (Wildman–Crippen LogP) is 3.76. The van der Waals surface area contributed by atoms with Gasteiger partial charge in [0.2, 0.25) is 0 Å². The van der Waals surface area contributed by atoms with Gasteiger partial charge in [0.15, 0.2) is 0 Å². The SMILES string of the molecule is COc1cccc(C2(C#N)CCN(c3ccccc3)CC2)c1. The van der Waals surface area contributed by atoms with Crippen molar-refractivity contribution in [1.29, 1.82) is 5.26 Å². The molecule has 22 heavy (non-hydrogen) atoms. The van der Waals surface area contributed by atoms with Crippen LogP contribution in [0.4, 0.5) is 5.69 Å². The van der Waals surface area contributed by atoms with Gasteiger partial charge in [-0.2, -0.15) is 5.26 Å². The number of nitrogens with zero attached hydrogens (tertiary/aromatic N) is 2. The number of para-hydroxylation sites is 1. The molecule has 0 unspecified atom stereocenters. The molecule has 1 heterocycles. The maximum atomic E-state index is 9.81. The van der Waals surface area contributed by atoms with E-state index in [-0.39, 0.29) is 0 Å². The Morgan fingerprint density at radius 2 is 1.77 bits per heavy atom. The third-order valence-corrected chi connectivity index (χ3v) is 4.57. The maximum absolute atomic E-state index is 9.81. The van der Waals surface area contributed by atoms with Crippen molar-refractivity contribution in [2.24, 2.45) is 0 Å². The van der Waals surface area contributed by atoms with Gasteiger partial charge >= 0.3 is 0 Å². The fraction of sp³-hybridized carbons (Fsp3) is 0.316. The van der Waals surface area contributed by atoms with Gasteiger partial charge in [0, 0.05) is 18.8 Å². The highest BCUT2D eigenvalue weighted by Gasteiger charge is 2.36. The number of hydrogen-bond acceptors (Lipinski definition) is 3. The largest absolute Gasteiger partial charge is 0.497 e. The van der Waals surface area contributed by atoms with Crippen LogP contribution in [0.3, 0.4) is 0 Å². The zero-order valence-electron chi connectivity index (χ0n) is 12.8. The second-order valence-electron chi connectivity index (χ2n) is 5.75. The van der Waals surface area contributed by atoms with Gasteiger partial charge in [0.05, 0.1) is 18.6 Å². The summed E-state index contributed by atoms with van der Waals surface area (Å²) in [4.78, 5) is 2.36. The average Bonchev–Trinajstić information content (AvgIpc) is 2.62. The van der Waals surface area contributed by atoms with Crippen LogP contribution >= 0.6 is 0 Å². The predicted molar refractivity (Wildman–Crippen MR) is 88.2 cm³/mol. The third-order valence-electron chi connectivity index (χ3n) is 4.57. The molecule has 1 saturated heterocycles. The van der Waals surface area contributed by atoms with E-state index in [4.69, 9.17) is 4.74 Å². The number of ether oxygens (including phenoxy) is 1. The van der Waals surface area contributed by atoms with Crippen LogP contribution in [-0.2, 0) is 5.41 Å². The van der Waals surface area contributed by atoms with Crippen molar-refractivity contribution in [2.45, 2.75) is 18.3 Å². The van der Waals surface area contributed by atoms with Crippen LogP contribution < -0.4 is 9.64 Å². The number of anilines is 1. The normalized spacial score (nSPS) is 16.8. The molecule has 1 fully saturated rings. The van der Waals surface area contributed by atoms with Crippen LogP contribution in [0.1, 0.15) is 18.4 Å². The number of nitriles is 1. The minimum Gasteiger partial charge on any atom is -0.497 e. The maximum Gasteiger partial charge on any atom is 0.119 e. The molecule has 2 aromatic carbocycles. The van der Waals surface area contributed by atoms with Crippen LogP contribution in [0.2, 0.25) is 0 Å². The second kappa shape index (κ2) is 6.11. The Hall–Kier alpha value is -2.47. The van der Waals surface area contributed by atoms with Crippen molar-refractivity contribution in [3.63, 3.8) is 0 Å². The molecule has 3 nitrogen and oxygen atoms in total. The van der Waals surface area contributed by atoms with E-state index in [9.17, 15) is 5.26 Å². The summed E-state index contributed by atoms with van der Waals surface area (Å²) < 4.78 is 5.31. The van der Waals surface area contributed by atoms with Crippen molar-refractivity contribution in [2.75, 3.05) is 25.1 Å². The first-order valence-corrected chi connectivity index (χ1v) is 7.63. The van der Waals surface area contributed by atoms with Crippen molar-refractivity contribution in [3.8, 4) is 11.8 Å². The summed E-state index contributed by atoms with van der Waals surface area (Å²) in [6.07, 6.45) is 1.68. The Labute approximate surface area is 131 Å². The molecule has 3 heteroatoms. The van der Waals surface area contributed by atoms with Crippen molar-refractivity contribution >= 4 is 5.69 Å². The van der Waals surface area contributed by atoms with Gasteiger partial charge in [0.1, 0.15) is 5.75 Å². The Bertz CT molecular complexity index is 667. The molecule has 0 spiro atoms. The van der Waals surface area contributed by atoms with Gasteiger partial charge in [0.25, 0.3) is 0 Å². The molecule has 0 bridgehead atoms. The van der Waals surface area contributed by atoms with Crippen molar-refractivity contribution < 1.29 is 4.74 Å². The highest BCUT2D eigenvalue weighted by Crippen LogP contribution is 2.37. The molecule has 0 aromatic heterocycles. The molecule has 0 aliphatic carbocycles. The van der Waals surface area contributed by atoms with Gasteiger partial charge in [-0.3, -0.25) is 0 Å². The molecule has 112 valence electrons. The van der Waals surface area contributed by atoms with Crippen molar-refractivity contribution in [3.05, 3.63) is 60.2 Å². The Morgan fingerprint density at radius 3 is 2.41 bits per heavy atom. The van der Waals surface area contributed by atoms with E-state index < -0.39 is 5.41 Å². The van der Waals surface area contributed by atoms with E-state index in [0.29, 0.717) is 0 Å². The lowest BCUT2D eigenvalue weighted by atomic mass is 9.74. The molecule has 0 radical (unpaired) electrons. The first kappa shape index (κ1) is 14.5. The zero-order chi connectivity index (χ0) is 15.4. The molecule has 0 amide bonds. The molecule has 0 atom stereocenters. The number of piperidine rings is 1. The van der Waals surface area contributed by atoms with Crippen molar-refractivity contribution in [1.82, 2.24) is 0 Å². The third kappa shape index (κ3) is 2.65. The highest BCUT2D eigenvalue weighted by molar-refractivity contribution is 5.48. The minimum atomic E-state index is -0.403. The summed E-state index contributed by atoms with van der Waals surface area (Å²) in [6, 6.07) is 20.9. The summed E-state index contributed by atoms with van der Waals surface area (Å²) in [5.74, 6) is 0.817. The lowest BCUT2D eigenvalue weighted by Crippen LogP contribution is -2.42. The first-order valence-electron chi connectivity index (χ1n) is 7.63. The van der Waals surface area contributed by atoms with Crippen LogP contribution in [-0.4, -0.2) is 20.2 Å². The lowest BCUT2D eigenvalue weighted by molar-refractivity contribution is 0.400. The zero-order valence-corrected chi connectivity index (χ0v) is 12.8. The number of benzene rings is 2. The number of methoxy groups -OCH3 is 1. The Kier molecular flexibility index (Phi) is 4.02. The van der Waals surface area contributed by atoms with Gasteiger partial charge < -0.3 is 9.64 Å². The lowest BCUT2D eigenvalue weighted by Gasteiger charge is -2.38. The molecule has 0 saturated carbocycles. The van der Waals surface area contributed by atoms with E-state index in [0.717, 1.165) is 37.2 Å². The topological polar surface area (TPSA) is 36.3 Å². The van der Waals surface area contributed by atoms with Crippen LogP contribution in [0.5, 0.6) is 5.75 Å². The van der Waals surface area contributed by atoms with E-state index in [1.54, 1.807) is 7.11 Å². The monoisotopic (exact) mass is 292 g/mol. The quantitative estimate of drug-likeness (QED) is 0.864. The van der Waals surface area contributed by atoms with Gasteiger partial charge in [-0.25, -0.2) is 0 Å². The molecule has 1 aliphatic heterocycles. The van der Waals surface area contributed by atoms with E-state index in [1.165, 1.54) is 5.69 Å². The van der Waals surface area contributed by atoms with Gasteiger partial charge in [-0.05, 0) is 42.7 Å². The molecular formula is C19H20N2O. The summed E-state index contributed by atoms with van der Waals surface area (Å²) in [6.45, 7) is 1.80. The van der Waals surface area contributed by atoms with E-state index in [1.807, 2.05) is 30.3 Å². The fourth-order valence-electron chi connectivity index (χ4n) is 3.17. The smallest absolute Gasteiger partial charge is 0.119 e. The fourth-order valence-corrected chi connectivity index (χ4v) is 3.17. The first-order chi connectivity index (χ1) is 10.8. The Morgan fingerprint density at radius 1 is 1.05 bits per heavy atom. The highest BCUT2D eigenvalue weighted by atomic mass is 16.5. The van der Waals surface area contributed by atoms with Crippen LogP contribution in [0.15, 0.2) is 54.6 Å². The molecule has 2 aromatic rings. The minimum absolute atomic E-state index is 0.403. The molecule has 3 rings (SSSR count). The van der Waals surface area contributed by atoms with Crippen LogP contribution in [0.25, 0.3) is 0 Å². The summed E-state index contributed by atoms with van der Waals surface area (Å²) in [5.41, 5.74) is 1.90. The Balaban J connectivity index is 1.81. The van der Waals surface area contributed by atoms with E-state index in [2.05, 4.69) is 35.2 Å². The standard InChI is InChI=1S/C19H20N2O/c1-22-18-9-5-6-16(14-18)19(15-20)10-12-21(13-11-19)17-7-3-2-4-8-17/h2-9,14H,10-13H2,1H3. The summed E-state index contributed by atoms with van der Waals surface area (Å²) in [7, 11) is 1.66. The summed E-state index contributed by atoms with van der Waals surface area (Å²) >= 11 is 0.